The summed E-state index contributed by atoms with van der Waals surface area (Å²) in [7, 11) is 0. The molecule has 0 radical (unpaired) electrons. The average molecular weight is 175 g/mol. The zero-order valence-corrected chi connectivity index (χ0v) is 7.12. The van der Waals surface area contributed by atoms with Crippen LogP contribution in [0.4, 0.5) is 5.69 Å². The molecule has 2 rings (SSSR count). The van der Waals surface area contributed by atoms with Gasteiger partial charge in [-0.05, 0) is 12.8 Å². The van der Waals surface area contributed by atoms with E-state index in [0.717, 1.165) is 17.0 Å². The molecular weight excluding hydrogens is 166 g/mol. The number of hydrogen-bond acceptors (Lipinski definition) is 3. The van der Waals surface area contributed by atoms with Gasteiger partial charge >= 0.3 is 0 Å². The molecule has 0 aromatic heterocycles. The van der Waals surface area contributed by atoms with Gasteiger partial charge in [0.15, 0.2) is 11.5 Å². The third-order valence-corrected chi connectivity index (χ3v) is 1.91. The first kappa shape index (κ1) is 7.86. The zero-order valence-electron chi connectivity index (χ0n) is 7.12. The molecule has 0 spiro atoms. The summed E-state index contributed by atoms with van der Waals surface area (Å²) >= 11 is 0. The van der Waals surface area contributed by atoms with Crippen LogP contribution in [-0.2, 0) is 0 Å². The molecule has 0 bridgehead atoms. The lowest BCUT2D eigenvalue weighted by atomic mass is 10.1. The van der Waals surface area contributed by atoms with Crippen molar-refractivity contribution in [3.8, 4) is 11.5 Å². The van der Waals surface area contributed by atoms with Crippen molar-refractivity contribution in [3.05, 3.63) is 24.3 Å². The van der Waals surface area contributed by atoms with Crippen LogP contribution in [0.1, 0.15) is 5.56 Å². The Balaban J connectivity index is 2.59. The molecule has 0 amide bonds. The second-order valence-corrected chi connectivity index (χ2v) is 2.63. The zero-order chi connectivity index (χ0) is 9.26. The minimum Gasteiger partial charge on any atom is -0.454 e. The Bertz CT molecular complexity index is 336. The maximum absolute atomic E-state index is 5.21. The number of fused-ring (bicyclic) bond motifs is 1. The van der Waals surface area contributed by atoms with E-state index < -0.39 is 0 Å². The lowest BCUT2D eigenvalue weighted by Gasteiger charge is -2.01. The standard InChI is InChI=1S/C10H9NO2/c1-3-7-4-9-10(13-6-12-9)5-8(7)11-2/h3-5H,1-2,6H2. The summed E-state index contributed by atoms with van der Waals surface area (Å²) in [5.74, 6) is 1.45. The molecule has 0 N–H and O–H groups in total. The van der Waals surface area contributed by atoms with Crippen LogP contribution in [0.2, 0.25) is 0 Å². The SMILES string of the molecule is C=Cc1cc2c(cc1N=C)OCO2. The highest BCUT2D eigenvalue weighted by molar-refractivity contribution is 5.70. The van der Waals surface area contributed by atoms with Gasteiger partial charge in [0, 0.05) is 11.6 Å². The van der Waals surface area contributed by atoms with Crippen LogP contribution in [0, 0.1) is 0 Å². The lowest BCUT2D eigenvalue weighted by molar-refractivity contribution is 0.174. The number of benzene rings is 1. The summed E-state index contributed by atoms with van der Waals surface area (Å²) in [6.45, 7) is 7.42. The van der Waals surface area contributed by atoms with Gasteiger partial charge in [0.1, 0.15) is 0 Å². The average Bonchev–Trinajstić information content (AvgIpc) is 2.62. The van der Waals surface area contributed by atoms with Crippen molar-refractivity contribution in [2.75, 3.05) is 6.79 Å². The van der Waals surface area contributed by atoms with Gasteiger partial charge < -0.3 is 9.47 Å². The largest absolute Gasteiger partial charge is 0.454 e. The predicted octanol–water partition coefficient (Wildman–Crippen LogP) is 2.39. The first-order chi connectivity index (χ1) is 6.35. The molecular formula is C10H9NO2. The highest BCUT2D eigenvalue weighted by Crippen LogP contribution is 2.38. The summed E-state index contributed by atoms with van der Waals surface area (Å²) in [6, 6.07) is 3.64. The Labute approximate surface area is 76.3 Å². The van der Waals surface area contributed by atoms with Crippen molar-refractivity contribution < 1.29 is 9.47 Å². The minimum atomic E-state index is 0.270. The van der Waals surface area contributed by atoms with Gasteiger partial charge in [-0.15, -0.1) is 0 Å². The van der Waals surface area contributed by atoms with Crippen molar-refractivity contribution in [1.29, 1.82) is 0 Å². The van der Waals surface area contributed by atoms with Crippen LogP contribution < -0.4 is 9.47 Å². The summed E-state index contributed by atoms with van der Waals surface area (Å²) in [6.07, 6.45) is 1.71. The van der Waals surface area contributed by atoms with Gasteiger partial charge in [-0.2, -0.15) is 0 Å². The first-order valence-corrected chi connectivity index (χ1v) is 3.88. The predicted molar refractivity (Wildman–Crippen MR) is 51.9 cm³/mol. The van der Waals surface area contributed by atoms with E-state index >= 15 is 0 Å². The molecule has 0 fully saturated rings. The molecule has 0 saturated heterocycles. The second-order valence-electron chi connectivity index (χ2n) is 2.63. The molecule has 1 aromatic carbocycles. The number of rotatable bonds is 2. The highest BCUT2D eigenvalue weighted by atomic mass is 16.7. The second kappa shape index (κ2) is 2.94. The minimum absolute atomic E-state index is 0.270. The summed E-state index contributed by atoms with van der Waals surface area (Å²) in [4.78, 5) is 3.86. The third-order valence-electron chi connectivity index (χ3n) is 1.91. The molecule has 66 valence electrons. The fourth-order valence-electron chi connectivity index (χ4n) is 1.25. The molecule has 1 aromatic rings. The van der Waals surface area contributed by atoms with Crippen LogP contribution >= 0.6 is 0 Å². The Morgan fingerprint density at radius 1 is 1.31 bits per heavy atom. The molecule has 1 aliphatic rings. The Morgan fingerprint density at radius 3 is 2.62 bits per heavy atom. The normalized spacial score (nSPS) is 12.6. The van der Waals surface area contributed by atoms with E-state index in [1.54, 1.807) is 12.1 Å². The Morgan fingerprint density at radius 2 is 2.00 bits per heavy atom. The van der Waals surface area contributed by atoms with Crippen molar-refractivity contribution in [3.63, 3.8) is 0 Å². The molecule has 0 unspecified atom stereocenters. The van der Waals surface area contributed by atoms with E-state index in [4.69, 9.17) is 9.47 Å². The fourth-order valence-corrected chi connectivity index (χ4v) is 1.25. The molecule has 1 aliphatic heterocycles. The van der Waals surface area contributed by atoms with Crippen molar-refractivity contribution in [2.24, 2.45) is 4.99 Å². The Hall–Kier alpha value is -1.77. The van der Waals surface area contributed by atoms with Gasteiger partial charge in [-0.1, -0.05) is 12.7 Å². The molecule has 1 heterocycles. The quantitative estimate of drug-likeness (QED) is 0.646. The van der Waals surface area contributed by atoms with E-state index in [9.17, 15) is 0 Å². The van der Waals surface area contributed by atoms with E-state index in [2.05, 4.69) is 18.3 Å². The van der Waals surface area contributed by atoms with E-state index in [0.29, 0.717) is 5.75 Å². The Kier molecular flexibility index (Phi) is 1.77. The number of hydrogen-bond donors (Lipinski definition) is 0. The van der Waals surface area contributed by atoms with Crippen LogP contribution in [0.3, 0.4) is 0 Å². The monoisotopic (exact) mass is 175 g/mol. The highest BCUT2D eigenvalue weighted by Gasteiger charge is 2.15. The molecule has 3 heteroatoms. The van der Waals surface area contributed by atoms with Gasteiger partial charge in [0.05, 0.1) is 5.69 Å². The molecule has 3 nitrogen and oxygen atoms in total. The maximum Gasteiger partial charge on any atom is 0.231 e. The lowest BCUT2D eigenvalue weighted by Crippen LogP contribution is -1.92. The van der Waals surface area contributed by atoms with Crippen LogP contribution in [-0.4, -0.2) is 13.5 Å². The fraction of sp³-hybridized carbons (Fsp3) is 0.100. The first-order valence-electron chi connectivity index (χ1n) is 3.88. The van der Waals surface area contributed by atoms with Gasteiger partial charge in [-0.3, -0.25) is 4.99 Å². The summed E-state index contributed by atoms with van der Waals surface area (Å²) < 4.78 is 10.4. The maximum atomic E-state index is 5.21. The van der Waals surface area contributed by atoms with E-state index in [1.165, 1.54) is 0 Å². The molecule has 0 saturated carbocycles. The van der Waals surface area contributed by atoms with Crippen LogP contribution in [0.25, 0.3) is 6.08 Å². The smallest absolute Gasteiger partial charge is 0.231 e. The van der Waals surface area contributed by atoms with Crippen molar-refractivity contribution in [2.45, 2.75) is 0 Å². The third kappa shape index (κ3) is 1.18. The molecule has 13 heavy (non-hydrogen) atoms. The van der Waals surface area contributed by atoms with Crippen molar-refractivity contribution in [1.82, 2.24) is 0 Å². The summed E-state index contributed by atoms with van der Waals surface area (Å²) in [5, 5.41) is 0. The van der Waals surface area contributed by atoms with Crippen LogP contribution in [0.15, 0.2) is 23.7 Å². The number of ether oxygens (including phenoxy) is 2. The van der Waals surface area contributed by atoms with E-state index in [-0.39, 0.29) is 6.79 Å². The number of nitrogens with zero attached hydrogens (tertiary/aromatic N) is 1. The summed E-state index contributed by atoms with van der Waals surface area (Å²) in [5.41, 5.74) is 1.67. The molecule has 0 atom stereocenters. The van der Waals surface area contributed by atoms with Gasteiger partial charge in [-0.25, -0.2) is 0 Å². The van der Waals surface area contributed by atoms with Crippen LogP contribution in [0.5, 0.6) is 11.5 Å². The van der Waals surface area contributed by atoms with Gasteiger partial charge in [0.2, 0.25) is 6.79 Å². The topological polar surface area (TPSA) is 30.8 Å². The molecule has 0 aliphatic carbocycles. The number of aliphatic imine (C=N–C) groups is 1. The van der Waals surface area contributed by atoms with E-state index in [1.807, 2.05) is 6.07 Å². The van der Waals surface area contributed by atoms with Gasteiger partial charge in [0.25, 0.3) is 0 Å². The van der Waals surface area contributed by atoms with Crippen molar-refractivity contribution >= 4 is 18.5 Å².